The van der Waals surface area contributed by atoms with E-state index in [2.05, 4.69) is 5.32 Å². The number of aliphatic carboxylic acids is 1. The van der Waals surface area contributed by atoms with E-state index in [1.807, 2.05) is 6.07 Å². The fourth-order valence-electron chi connectivity index (χ4n) is 2.30. The number of rotatable bonds is 3. The minimum Gasteiger partial charge on any atom is -0.480 e. The summed E-state index contributed by atoms with van der Waals surface area (Å²) in [4.78, 5) is 24.3. The molecule has 1 atom stereocenters. The van der Waals surface area contributed by atoms with Crippen LogP contribution >= 0.6 is 0 Å². The number of carboxylic acids is 1. The van der Waals surface area contributed by atoms with Gasteiger partial charge in [0.2, 0.25) is 0 Å². The number of urea groups is 1. The quantitative estimate of drug-likeness (QED) is 0.868. The highest BCUT2D eigenvalue weighted by Crippen LogP contribution is 2.17. The summed E-state index contributed by atoms with van der Waals surface area (Å²) >= 11 is 0. The molecule has 1 aliphatic rings. The summed E-state index contributed by atoms with van der Waals surface area (Å²) < 4.78 is 0. The van der Waals surface area contributed by atoms with Gasteiger partial charge in [0.15, 0.2) is 0 Å². The van der Waals surface area contributed by atoms with Crippen molar-refractivity contribution in [3.05, 3.63) is 35.4 Å². The maximum absolute atomic E-state index is 12.0. The number of amides is 2. The highest BCUT2D eigenvalue weighted by molar-refractivity contribution is 5.83. The molecule has 1 aromatic carbocycles. The molecule has 0 aliphatic carbocycles. The first-order chi connectivity index (χ1) is 9.61. The van der Waals surface area contributed by atoms with Crippen LogP contribution in [0, 0.1) is 11.3 Å². The lowest BCUT2D eigenvalue weighted by Gasteiger charge is -2.21. The van der Waals surface area contributed by atoms with E-state index in [4.69, 9.17) is 10.4 Å². The van der Waals surface area contributed by atoms with Crippen LogP contribution in [0.15, 0.2) is 24.3 Å². The van der Waals surface area contributed by atoms with E-state index in [1.165, 1.54) is 4.90 Å². The normalized spacial score (nSPS) is 17.6. The molecule has 1 fully saturated rings. The van der Waals surface area contributed by atoms with Crippen LogP contribution in [0.3, 0.4) is 0 Å². The van der Waals surface area contributed by atoms with Crippen molar-refractivity contribution in [2.24, 2.45) is 0 Å². The zero-order valence-electron chi connectivity index (χ0n) is 10.9. The third kappa shape index (κ3) is 3.06. The molecule has 6 nitrogen and oxygen atoms in total. The molecule has 0 saturated carbocycles. The maximum atomic E-state index is 12.0. The smallest absolute Gasteiger partial charge is 0.326 e. The highest BCUT2D eigenvalue weighted by Gasteiger charge is 2.33. The van der Waals surface area contributed by atoms with E-state index >= 15 is 0 Å². The number of nitriles is 1. The molecule has 0 unspecified atom stereocenters. The Morgan fingerprint density at radius 2 is 2.30 bits per heavy atom. The Balaban J connectivity index is 1.95. The Morgan fingerprint density at radius 1 is 1.50 bits per heavy atom. The molecular formula is C14H15N3O3. The number of benzene rings is 1. The second kappa shape index (κ2) is 6.06. The monoisotopic (exact) mass is 273 g/mol. The van der Waals surface area contributed by atoms with Crippen molar-refractivity contribution in [2.45, 2.75) is 25.4 Å². The van der Waals surface area contributed by atoms with Gasteiger partial charge in [-0.1, -0.05) is 12.1 Å². The minimum atomic E-state index is -0.968. The number of carbonyl (C=O) groups is 2. The van der Waals surface area contributed by atoms with Gasteiger partial charge in [0.05, 0.1) is 11.6 Å². The molecule has 2 amide bonds. The summed E-state index contributed by atoms with van der Waals surface area (Å²) in [6, 6.07) is 7.85. The molecule has 0 spiro atoms. The average Bonchev–Trinajstić information content (AvgIpc) is 2.94. The summed E-state index contributed by atoms with van der Waals surface area (Å²) in [5.41, 5.74) is 1.34. The molecule has 1 aromatic rings. The maximum Gasteiger partial charge on any atom is 0.326 e. The Bertz CT molecular complexity index is 565. The van der Waals surface area contributed by atoms with Gasteiger partial charge >= 0.3 is 12.0 Å². The summed E-state index contributed by atoms with van der Waals surface area (Å²) in [6.45, 7) is 0.734. The van der Waals surface area contributed by atoms with Crippen LogP contribution in [0.4, 0.5) is 4.79 Å². The van der Waals surface area contributed by atoms with Gasteiger partial charge in [-0.2, -0.15) is 5.26 Å². The average molecular weight is 273 g/mol. The van der Waals surface area contributed by atoms with Crippen LogP contribution in [-0.4, -0.2) is 34.6 Å². The van der Waals surface area contributed by atoms with Crippen molar-refractivity contribution in [1.29, 1.82) is 5.26 Å². The lowest BCUT2D eigenvalue weighted by molar-refractivity contribution is -0.141. The van der Waals surface area contributed by atoms with Crippen LogP contribution in [-0.2, 0) is 11.3 Å². The molecule has 2 N–H and O–H groups in total. The Kier molecular flexibility index (Phi) is 4.20. The first-order valence-electron chi connectivity index (χ1n) is 6.38. The molecule has 0 radical (unpaired) electrons. The van der Waals surface area contributed by atoms with Crippen LogP contribution in [0.5, 0.6) is 0 Å². The number of likely N-dealkylation sites (tertiary alicyclic amines) is 1. The molecule has 20 heavy (non-hydrogen) atoms. The predicted octanol–water partition coefficient (Wildman–Crippen LogP) is 1.32. The lowest BCUT2D eigenvalue weighted by Crippen LogP contribution is -2.45. The Morgan fingerprint density at radius 3 is 3.00 bits per heavy atom. The summed E-state index contributed by atoms with van der Waals surface area (Å²) in [7, 11) is 0. The summed E-state index contributed by atoms with van der Waals surface area (Å²) in [6.07, 6.45) is 1.20. The summed E-state index contributed by atoms with van der Waals surface area (Å²) in [5, 5.41) is 20.5. The van der Waals surface area contributed by atoms with E-state index in [-0.39, 0.29) is 12.6 Å². The van der Waals surface area contributed by atoms with Gasteiger partial charge in [-0.25, -0.2) is 9.59 Å². The van der Waals surface area contributed by atoms with Crippen molar-refractivity contribution < 1.29 is 14.7 Å². The SMILES string of the molecule is N#Cc1cccc(CNC(=O)N2CCC[C@@H]2C(=O)O)c1. The van der Waals surface area contributed by atoms with Gasteiger partial charge in [-0.05, 0) is 30.5 Å². The Labute approximate surface area is 116 Å². The molecule has 0 aromatic heterocycles. The molecule has 1 saturated heterocycles. The van der Waals surface area contributed by atoms with Gasteiger partial charge in [-0.15, -0.1) is 0 Å². The molecule has 104 valence electrons. The van der Waals surface area contributed by atoms with E-state index in [9.17, 15) is 9.59 Å². The second-order valence-corrected chi connectivity index (χ2v) is 4.66. The number of nitrogens with one attached hydrogen (secondary N) is 1. The zero-order chi connectivity index (χ0) is 14.5. The largest absolute Gasteiger partial charge is 0.480 e. The van der Waals surface area contributed by atoms with Crippen LogP contribution < -0.4 is 5.32 Å². The van der Waals surface area contributed by atoms with Crippen molar-refractivity contribution in [3.8, 4) is 6.07 Å². The Hall–Kier alpha value is -2.55. The van der Waals surface area contributed by atoms with Crippen LogP contribution in [0.25, 0.3) is 0 Å². The standard InChI is InChI=1S/C14H15N3O3/c15-8-10-3-1-4-11(7-10)9-16-14(20)17-6-2-5-12(17)13(18)19/h1,3-4,7,12H,2,5-6,9H2,(H,16,20)(H,18,19)/t12-/m1/s1. The number of carbonyl (C=O) groups excluding carboxylic acids is 1. The van der Waals surface area contributed by atoms with Crippen molar-refractivity contribution in [1.82, 2.24) is 10.2 Å². The van der Waals surface area contributed by atoms with Crippen molar-refractivity contribution >= 4 is 12.0 Å². The number of hydrogen-bond acceptors (Lipinski definition) is 3. The first-order valence-corrected chi connectivity index (χ1v) is 6.38. The van der Waals surface area contributed by atoms with Gasteiger partial charge in [-0.3, -0.25) is 0 Å². The highest BCUT2D eigenvalue weighted by atomic mass is 16.4. The van der Waals surface area contributed by atoms with E-state index in [0.29, 0.717) is 24.9 Å². The topological polar surface area (TPSA) is 93.4 Å². The molecule has 6 heteroatoms. The molecule has 0 bridgehead atoms. The van der Waals surface area contributed by atoms with Gasteiger partial charge in [0.1, 0.15) is 6.04 Å². The van der Waals surface area contributed by atoms with Gasteiger partial charge < -0.3 is 15.3 Å². The van der Waals surface area contributed by atoms with Gasteiger partial charge in [0.25, 0.3) is 0 Å². The van der Waals surface area contributed by atoms with E-state index < -0.39 is 12.0 Å². The van der Waals surface area contributed by atoms with Crippen molar-refractivity contribution in [3.63, 3.8) is 0 Å². The summed E-state index contributed by atoms with van der Waals surface area (Å²) in [5.74, 6) is -0.968. The van der Waals surface area contributed by atoms with E-state index in [0.717, 1.165) is 5.56 Å². The molecule has 2 rings (SSSR count). The first kappa shape index (κ1) is 13.9. The zero-order valence-corrected chi connectivity index (χ0v) is 10.9. The fourth-order valence-corrected chi connectivity index (χ4v) is 2.30. The van der Waals surface area contributed by atoms with Crippen molar-refractivity contribution in [2.75, 3.05) is 6.54 Å². The number of hydrogen-bond donors (Lipinski definition) is 2. The van der Waals surface area contributed by atoms with Gasteiger partial charge in [0, 0.05) is 13.1 Å². The second-order valence-electron chi connectivity index (χ2n) is 4.66. The number of nitrogens with zero attached hydrogens (tertiary/aromatic N) is 2. The number of carboxylic acid groups (broad SMARTS) is 1. The third-order valence-corrected chi connectivity index (χ3v) is 3.30. The molecule has 1 heterocycles. The lowest BCUT2D eigenvalue weighted by atomic mass is 10.1. The van der Waals surface area contributed by atoms with Crippen LogP contribution in [0.1, 0.15) is 24.0 Å². The van der Waals surface area contributed by atoms with Crippen LogP contribution in [0.2, 0.25) is 0 Å². The minimum absolute atomic E-state index is 0.275. The molecule has 1 aliphatic heterocycles. The molecular weight excluding hydrogens is 258 g/mol. The fraction of sp³-hybridized carbons (Fsp3) is 0.357. The third-order valence-electron chi connectivity index (χ3n) is 3.30. The van der Waals surface area contributed by atoms with E-state index in [1.54, 1.807) is 24.3 Å². The predicted molar refractivity (Wildman–Crippen MR) is 70.8 cm³/mol.